The molecule has 3 rings (SSSR count). The van der Waals surface area contributed by atoms with Crippen LogP contribution in [0.15, 0.2) is 55.1 Å². The Balaban J connectivity index is 1.52. The van der Waals surface area contributed by atoms with Gasteiger partial charge in [-0.15, -0.1) is 0 Å². The van der Waals surface area contributed by atoms with Gasteiger partial charge in [0.15, 0.2) is 6.73 Å². The monoisotopic (exact) mass is 357 g/mol. The molecule has 0 aliphatic heterocycles. The highest BCUT2D eigenvalue weighted by atomic mass is 35.5. The van der Waals surface area contributed by atoms with Crippen molar-refractivity contribution in [1.82, 2.24) is 19.6 Å². The number of hydrogen-bond acceptors (Lipinski definition) is 4. The number of carbonyl (C=O) groups excluding carboxylic acids is 1. The number of carbonyl (C=O) groups is 1. The third-order valence-corrected chi connectivity index (χ3v) is 3.45. The molecule has 2 aromatic heterocycles. The molecule has 2 heterocycles. The zero-order valence-electron chi connectivity index (χ0n) is 13.5. The summed E-state index contributed by atoms with van der Waals surface area (Å²) in [6.45, 7) is 0.210. The van der Waals surface area contributed by atoms with E-state index >= 15 is 0 Å². The van der Waals surface area contributed by atoms with Crippen molar-refractivity contribution in [3.63, 3.8) is 0 Å². The number of halogens is 1. The first-order valence-corrected chi connectivity index (χ1v) is 7.85. The Morgan fingerprint density at radius 2 is 2.20 bits per heavy atom. The summed E-state index contributed by atoms with van der Waals surface area (Å²) in [7, 11) is 1.82. The molecule has 0 fully saturated rings. The van der Waals surface area contributed by atoms with Crippen molar-refractivity contribution < 1.29 is 9.53 Å². The molecule has 128 valence electrons. The molecule has 8 heteroatoms. The number of aromatic nitrogens is 4. The Labute approximate surface area is 149 Å². The van der Waals surface area contributed by atoms with Gasteiger partial charge >= 0.3 is 0 Å². The number of ether oxygens (including phenoxy) is 1. The van der Waals surface area contributed by atoms with Crippen LogP contribution in [0.25, 0.3) is 6.08 Å². The largest absolute Gasteiger partial charge is 0.471 e. The average molecular weight is 358 g/mol. The molecule has 1 N–H and O–H groups in total. The topological polar surface area (TPSA) is 74.0 Å². The summed E-state index contributed by atoms with van der Waals surface area (Å²) in [5, 5.41) is 11.5. The van der Waals surface area contributed by atoms with Crippen LogP contribution < -0.4 is 10.1 Å². The zero-order valence-corrected chi connectivity index (χ0v) is 14.2. The van der Waals surface area contributed by atoms with E-state index in [0.29, 0.717) is 16.5 Å². The SMILES string of the molecule is Cn1cc(/C=C/C(=O)Nc2cnn(COc3cccc(Cl)c3)c2)cn1. The molecule has 0 aliphatic carbocycles. The number of amides is 1. The van der Waals surface area contributed by atoms with E-state index in [0.717, 1.165) is 5.56 Å². The molecular formula is C17H16ClN5O2. The summed E-state index contributed by atoms with van der Waals surface area (Å²) in [6.07, 6.45) is 9.85. The first kappa shape index (κ1) is 16.8. The molecule has 0 bridgehead atoms. The summed E-state index contributed by atoms with van der Waals surface area (Å²) in [5.74, 6) is 0.396. The van der Waals surface area contributed by atoms with Crippen LogP contribution in [0.3, 0.4) is 0 Å². The van der Waals surface area contributed by atoms with Gasteiger partial charge in [0.2, 0.25) is 5.91 Å². The van der Waals surface area contributed by atoms with Gasteiger partial charge in [0.05, 0.1) is 24.3 Å². The first-order chi connectivity index (χ1) is 12.1. The normalized spacial score (nSPS) is 11.0. The predicted molar refractivity (Wildman–Crippen MR) is 95.2 cm³/mol. The maximum Gasteiger partial charge on any atom is 0.248 e. The van der Waals surface area contributed by atoms with Crippen molar-refractivity contribution in [1.29, 1.82) is 0 Å². The van der Waals surface area contributed by atoms with E-state index in [1.54, 1.807) is 58.3 Å². The van der Waals surface area contributed by atoms with Crippen LogP contribution >= 0.6 is 11.6 Å². The molecule has 0 aliphatic rings. The number of nitrogens with zero attached hydrogens (tertiary/aromatic N) is 4. The lowest BCUT2D eigenvalue weighted by Crippen LogP contribution is -2.08. The van der Waals surface area contributed by atoms with E-state index in [9.17, 15) is 4.79 Å². The molecule has 25 heavy (non-hydrogen) atoms. The Morgan fingerprint density at radius 3 is 2.96 bits per heavy atom. The number of anilines is 1. The van der Waals surface area contributed by atoms with Gasteiger partial charge < -0.3 is 10.1 Å². The highest BCUT2D eigenvalue weighted by Gasteiger charge is 2.03. The van der Waals surface area contributed by atoms with Gasteiger partial charge in [-0.3, -0.25) is 9.48 Å². The molecule has 3 aromatic rings. The van der Waals surface area contributed by atoms with Crippen LogP contribution in [0.5, 0.6) is 5.75 Å². The lowest BCUT2D eigenvalue weighted by atomic mass is 10.3. The summed E-state index contributed by atoms with van der Waals surface area (Å²) >= 11 is 5.90. The third-order valence-electron chi connectivity index (χ3n) is 3.21. The van der Waals surface area contributed by atoms with Gasteiger partial charge in [0, 0.05) is 29.9 Å². The zero-order chi connectivity index (χ0) is 17.6. The fourth-order valence-electron chi connectivity index (χ4n) is 2.08. The summed E-state index contributed by atoms with van der Waals surface area (Å²) in [5.41, 5.74) is 1.43. The van der Waals surface area contributed by atoms with E-state index in [-0.39, 0.29) is 12.6 Å². The molecule has 0 atom stereocenters. The maximum atomic E-state index is 11.9. The van der Waals surface area contributed by atoms with E-state index in [1.165, 1.54) is 6.08 Å². The molecule has 1 aromatic carbocycles. The second-order valence-electron chi connectivity index (χ2n) is 5.27. The quantitative estimate of drug-likeness (QED) is 0.688. The minimum atomic E-state index is -0.251. The van der Waals surface area contributed by atoms with E-state index in [4.69, 9.17) is 16.3 Å². The van der Waals surface area contributed by atoms with Gasteiger partial charge in [-0.2, -0.15) is 10.2 Å². The number of rotatable bonds is 6. The predicted octanol–water partition coefficient (Wildman–Crippen LogP) is 2.96. The van der Waals surface area contributed by atoms with Crippen molar-refractivity contribution >= 4 is 29.3 Å². The van der Waals surface area contributed by atoms with Gasteiger partial charge in [-0.05, 0) is 24.3 Å². The molecule has 0 radical (unpaired) electrons. The van der Waals surface area contributed by atoms with Gasteiger partial charge in [-0.25, -0.2) is 4.68 Å². The highest BCUT2D eigenvalue weighted by molar-refractivity contribution is 6.30. The van der Waals surface area contributed by atoms with Crippen LogP contribution in [0.2, 0.25) is 5.02 Å². The van der Waals surface area contributed by atoms with Crippen molar-refractivity contribution in [2.45, 2.75) is 6.73 Å². The van der Waals surface area contributed by atoms with E-state index in [2.05, 4.69) is 15.5 Å². The van der Waals surface area contributed by atoms with Gasteiger partial charge in [0.25, 0.3) is 0 Å². The van der Waals surface area contributed by atoms with Crippen molar-refractivity contribution in [3.05, 3.63) is 65.7 Å². The molecule has 0 unspecified atom stereocenters. The van der Waals surface area contributed by atoms with Crippen LogP contribution in [0.1, 0.15) is 5.56 Å². The molecule has 0 spiro atoms. The Kier molecular flexibility index (Phi) is 5.15. The molecule has 0 saturated carbocycles. The number of nitrogens with one attached hydrogen (secondary N) is 1. The number of aryl methyl sites for hydroxylation is 1. The lowest BCUT2D eigenvalue weighted by molar-refractivity contribution is -0.111. The van der Waals surface area contributed by atoms with Crippen molar-refractivity contribution in [2.75, 3.05) is 5.32 Å². The molecular weight excluding hydrogens is 342 g/mol. The van der Waals surface area contributed by atoms with Gasteiger partial charge in [-0.1, -0.05) is 17.7 Å². The van der Waals surface area contributed by atoms with E-state index < -0.39 is 0 Å². The van der Waals surface area contributed by atoms with Crippen LogP contribution in [-0.2, 0) is 18.6 Å². The fraction of sp³-hybridized carbons (Fsp3) is 0.118. The van der Waals surface area contributed by atoms with Gasteiger partial charge in [0.1, 0.15) is 5.75 Å². The Hall–Kier alpha value is -3.06. The van der Waals surface area contributed by atoms with Crippen LogP contribution in [0, 0.1) is 0 Å². The Morgan fingerprint density at radius 1 is 1.32 bits per heavy atom. The minimum absolute atomic E-state index is 0.210. The Bertz CT molecular complexity index is 900. The fourth-order valence-corrected chi connectivity index (χ4v) is 2.26. The molecule has 7 nitrogen and oxygen atoms in total. The standard InChI is InChI=1S/C17H16ClN5O2/c1-22-10-13(8-19-22)5-6-17(24)21-15-9-20-23(11-15)12-25-16-4-2-3-14(18)7-16/h2-11H,12H2,1H3,(H,21,24)/b6-5+. The van der Waals surface area contributed by atoms with Crippen LogP contribution in [0.4, 0.5) is 5.69 Å². The third kappa shape index (κ3) is 4.95. The number of hydrogen-bond donors (Lipinski definition) is 1. The lowest BCUT2D eigenvalue weighted by Gasteiger charge is -2.06. The smallest absolute Gasteiger partial charge is 0.248 e. The average Bonchev–Trinajstić information content (AvgIpc) is 3.20. The molecule has 0 saturated heterocycles. The summed E-state index contributed by atoms with van der Waals surface area (Å²) < 4.78 is 8.82. The second-order valence-corrected chi connectivity index (χ2v) is 5.71. The second kappa shape index (κ2) is 7.67. The molecule has 1 amide bonds. The van der Waals surface area contributed by atoms with Crippen molar-refractivity contribution in [3.8, 4) is 5.75 Å². The number of benzene rings is 1. The van der Waals surface area contributed by atoms with Crippen LogP contribution in [-0.4, -0.2) is 25.5 Å². The maximum absolute atomic E-state index is 11.9. The summed E-state index contributed by atoms with van der Waals surface area (Å²) in [4.78, 5) is 11.9. The minimum Gasteiger partial charge on any atom is -0.471 e. The highest BCUT2D eigenvalue weighted by Crippen LogP contribution is 2.17. The summed E-state index contributed by atoms with van der Waals surface area (Å²) in [6, 6.07) is 7.11. The van der Waals surface area contributed by atoms with E-state index in [1.807, 2.05) is 13.2 Å². The van der Waals surface area contributed by atoms with Crippen molar-refractivity contribution in [2.24, 2.45) is 7.05 Å². The first-order valence-electron chi connectivity index (χ1n) is 7.47.